The normalized spacial score (nSPS) is 12.9. The Kier molecular flexibility index (Phi) is 9.74. The number of aryl methyl sites for hydroxylation is 1. The topological polar surface area (TPSA) is 135 Å². The van der Waals surface area contributed by atoms with E-state index in [9.17, 15) is 17.5 Å². The summed E-state index contributed by atoms with van der Waals surface area (Å²) in [7, 11) is -12.7. The Morgan fingerprint density at radius 2 is 1.32 bits per heavy atom. The summed E-state index contributed by atoms with van der Waals surface area (Å²) < 4.78 is 78.6. The van der Waals surface area contributed by atoms with Gasteiger partial charge in [-0.2, -0.15) is 0 Å². The molecule has 37 heavy (non-hydrogen) atoms. The first-order valence-corrected chi connectivity index (χ1v) is 16.6. The van der Waals surface area contributed by atoms with E-state index < -0.39 is 30.7 Å². The molecule has 0 amide bonds. The Bertz CT molecular complexity index is 1360. The molecule has 14 heteroatoms. The first-order valence-electron chi connectivity index (χ1n) is 11.9. The van der Waals surface area contributed by atoms with Gasteiger partial charge in [-0.15, -0.1) is 0 Å². The molecule has 0 saturated heterocycles. The number of nitrogens with zero attached hydrogens (tertiary/aromatic N) is 2. The van der Waals surface area contributed by atoms with E-state index in [2.05, 4.69) is 10.3 Å². The second-order valence-electron chi connectivity index (χ2n) is 7.78. The molecule has 0 aliphatic heterocycles. The van der Waals surface area contributed by atoms with Crippen molar-refractivity contribution in [2.45, 2.75) is 45.0 Å². The van der Waals surface area contributed by atoms with Crippen molar-refractivity contribution >= 4 is 42.2 Å². The van der Waals surface area contributed by atoms with Gasteiger partial charge >= 0.3 is 15.2 Å². The fraction of sp³-hybridized carbons (Fsp3) is 0.435. The van der Waals surface area contributed by atoms with Crippen LogP contribution in [0, 0.1) is 6.92 Å². The number of anilines is 1. The standard InChI is InChI=1S/C23H33N3O8P2S/c1-6-31-35(27,32-7-2)23(36(28,33-8-3)34-9-4)25-22-24-20-12-10-11-13-21(20)26(22)37(29,30)19-16-14-18(5)15-17-19/h10-17,23H,6-9H2,1-5H3,(H,24,25). The van der Waals surface area contributed by atoms with E-state index >= 15 is 0 Å². The number of imidazole rings is 1. The van der Waals surface area contributed by atoms with E-state index in [1.807, 2.05) is 6.92 Å². The van der Waals surface area contributed by atoms with Gasteiger partial charge in [0.25, 0.3) is 10.0 Å². The van der Waals surface area contributed by atoms with E-state index in [0.717, 1.165) is 9.54 Å². The molecule has 0 saturated carbocycles. The molecule has 0 bridgehead atoms. The molecule has 0 radical (unpaired) electrons. The highest BCUT2D eigenvalue weighted by molar-refractivity contribution is 7.90. The summed E-state index contributed by atoms with van der Waals surface area (Å²) in [5.41, 5.74) is -0.223. The van der Waals surface area contributed by atoms with Crippen LogP contribution in [0.4, 0.5) is 5.95 Å². The molecular weight excluding hydrogens is 540 g/mol. The molecule has 3 rings (SSSR count). The van der Waals surface area contributed by atoms with Crippen LogP contribution in [0.1, 0.15) is 33.3 Å². The summed E-state index contributed by atoms with van der Waals surface area (Å²) in [6.07, 6.45) is 0. The first-order chi connectivity index (χ1) is 17.6. The zero-order valence-electron chi connectivity index (χ0n) is 21.5. The van der Waals surface area contributed by atoms with Crippen LogP contribution in [0.2, 0.25) is 0 Å². The van der Waals surface area contributed by atoms with Gasteiger partial charge in [0.15, 0.2) is 0 Å². The van der Waals surface area contributed by atoms with Gasteiger partial charge in [-0.05, 0) is 58.9 Å². The molecule has 0 aliphatic rings. The highest BCUT2D eigenvalue weighted by atomic mass is 32.2. The molecule has 1 aromatic heterocycles. The Balaban J connectivity index is 2.28. The van der Waals surface area contributed by atoms with Gasteiger partial charge in [0.1, 0.15) is 0 Å². The van der Waals surface area contributed by atoms with Crippen LogP contribution in [-0.4, -0.2) is 49.3 Å². The number of hydrogen-bond acceptors (Lipinski definition) is 10. The number of rotatable bonds is 14. The molecule has 0 atom stereocenters. The number of aromatic nitrogens is 2. The maximum atomic E-state index is 14.0. The van der Waals surface area contributed by atoms with Crippen molar-refractivity contribution in [2.24, 2.45) is 0 Å². The molecule has 1 heterocycles. The van der Waals surface area contributed by atoms with Crippen molar-refractivity contribution in [1.29, 1.82) is 0 Å². The first kappa shape index (κ1) is 29.5. The summed E-state index contributed by atoms with van der Waals surface area (Å²) in [6.45, 7) is 8.12. The molecular formula is C23H33N3O8P2S. The van der Waals surface area contributed by atoms with Crippen molar-refractivity contribution in [3.05, 3.63) is 54.1 Å². The molecule has 0 aliphatic carbocycles. The number of nitrogens with one attached hydrogen (secondary N) is 1. The quantitative estimate of drug-likeness (QED) is 0.235. The van der Waals surface area contributed by atoms with Gasteiger partial charge in [-0.3, -0.25) is 9.13 Å². The second-order valence-corrected chi connectivity index (χ2v) is 14.2. The number of para-hydroxylation sites is 2. The SMILES string of the molecule is CCOP(=O)(OCC)C(Nc1nc2ccccc2n1S(=O)(=O)c1ccc(C)cc1)P(=O)(OCC)OCC. The minimum atomic E-state index is -4.24. The molecule has 0 spiro atoms. The Morgan fingerprint density at radius 3 is 1.81 bits per heavy atom. The van der Waals surface area contributed by atoms with E-state index in [-0.39, 0.29) is 42.8 Å². The molecule has 204 valence electrons. The molecule has 1 N–H and O–H groups in total. The van der Waals surface area contributed by atoms with Crippen molar-refractivity contribution in [3.63, 3.8) is 0 Å². The lowest BCUT2D eigenvalue weighted by atomic mass is 10.2. The summed E-state index contributed by atoms with van der Waals surface area (Å²) in [5.74, 6) is -0.244. The van der Waals surface area contributed by atoms with Crippen LogP contribution in [0.25, 0.3) is 11.0 Å². The van der Waals surface area contributed by atoms with Crippen LogP contribution >= 0.6 is 15.2 Å². The van der Waals surface area contributed by atoms with Crippen LogP contribution in [0.3, 0.4) is 0 Å². The summed E-state index contributed by atoms with van der Waals surface area (Å²) in [6, 6.07) is 12.9. The van der Waals surface area contributed by atoms with E-state index in [1.165, 1.54) is 12.1 Å². The van der Waals surface area contributed by atoms with Crippen molar-refractivity contribution in [2.75, 3.05) is 31.7 Å². The van der Waals surface area contributed by atoms with Gasteiger partial charge in [0.2, 0.25) is 11.5 Å². The van der Waals surface area contributed by atoms with E-state index in [1.54, 1.807) is 64.1 Å². The van der Waals surface area contributed by atoms with Crippen molar-refractivity contribution in [1.82, 2.24) is 8.96 Å². The van der Waals surface area contributed by atoms with Gasteiger partial charge in [-0.25, -0.2) is 17.4 Å². The number of hydrogen-bond donors (Lipinski definition) is 1. The maximum absolute atomic E-state index is 14.0. The van der Waals surface area contributed by atoms with Crippen LogP contribution in [0.5, 0.6) is 0 Å². The number of benzene rings is 2. The highest BCUT2D eigenvalue weighted by Crippen LogP contribution is 2.70. The average Bonchev–Trinajstić information content (AvgIpc) is 3.22. The molecule has 11 nitrogen and oxygen atoms in total. The summed E-state index contributed by atoms with van der Waals surface area (Å²) in [4.78, 5) is 4.45. The lowest BCUT2D eigenvalue weighted by Gasteiger charge is -2.32. The fourth-order valence-electron chi connectivity index (χ4n) is 3.68. The van der Waals surface area contributed by atoms with E-state index in [4.69, 9.17) is 18.1 Å². The van der Waals surface area contributed by atoms with Crippen molar-refractivity contribution in [3.8, 4) is 0 Å². The van der Waals surface area contributed by atoms with Crippen LogP contribution in [-0.2, 0) is 37.2 Å². The van der Waals surface area contributed by atoms with Gasteiger partial charge in [0.05, 0.1) is 42.4 Å². The van der Waals surface area contributed by atoms with Crippen LogP contribution < -0.4 is 5.32 Å². The van der Waals surface area contributed by atoms with Crippen molar-refractivity contribution < 1.29 is 35.6 Å². The summed E-state index contributed by atoms with van der Waals surface area (Å²) in [5, 5.41) is 2.79. The number of fused-ring (bicyclic) bond motifs is 1. The Hall–Kier alpha value is -2.04. The third kappa shape index (κ3) is 6.17. The van der Waals surface area contributed by atoms with Crippen LogP contribution in [0.15, 0.2) is 53.4 Å². The maximum Gasteiger partial charge on any atom is 0.365 e. The largest absolute Gasteiger partial charge is 0.365 e. The van der Waals surface area contributed by atoms with Gasteiger partial charge < -0.3 is 23.4 Å². The minimum Gasteiger partial charge on any atom is -0.331 e. The smallest absolute Gasteiger partial charge is 0.331 e. The third-order valence-electron chi connectivity index (χ3n) is 5.17. The Labute approximate surface area is 217 Å². The van der Waals surface area contributed by atoms with Gasteiger partial charge in [0, 0.05) is 0 Å². The lowest BCUT2D eigenvalue weighted by Crippen LogP contribution is -2.28. The zero-order chi connectivity index (χ0) is 27.3. The molecule has 2 aromatic carbocycles. The average molecular weight is 574 g/mol. The fourth-order valence-corrected chi connectivity index (χ4v) is 9.99. The molecule has 0 unspecified atom stereocenters. The predicted molar refractivity (Wildman–Crippen MR) is 143 cm³/mol. The summed E-state index contributed by atoms with van der Waals surface area (Å²) >= 11 is 0. The second kappa shape index (κ2) is 12.2. The zero-order valence-corrected chi connectivity index (χ0v) is 24.1. The third-order valence-corrected chi connectivity index (χ3v) is 12.5. The minimum absolute atomic E-state index is 0.0106. The highest BCUT2D eigenvalue weighted by Gasteiger charge is 2.52. The molecule has 3 aromatic rings. The lowest BCUT2D eigenvalue weighted by molar-refractivity contribution is 0.198. The predicted octanol–water partition coefficient (Wildman–Crippen LogP) is 5.81. The van der Waals surface area contributed by atoms with Gasteiger partial charge in [-0.1, -0.05) is 29.8 Å². The molecule has 0 fully saturated rings. The Morgan fingerprint density at radius 1 is 0.838 bits per heavy atom. The monoisotopic (exact) mass is 573 g/mol. The van der Waals surface area contributed by atoms with E-state index in [0.29, 0.717) is 5.52 Å².